The second-order valence-electron chi connectivity index (χ2n) is 15.3. The summed E-state index contributed by atoms with van der Waals surface area (Å²) in [5.74, 6) is -5.66. The number of ether oxygens (including phenoxy) is 2. The minimum Gasteiger partial charge on any atom is -0.382 e. The second kappa shape index (κ2) is 13.9. The van der Waals surface area contributed by atoms with Crippen LogP contribution in [0.15, 0.2) is 66.7 Å². The lowest BCUT2D eigenvalue weighted by Gasteiger charge is -2.56. The number of aliphatic hydroxyl groups is 2. The van der Waals surface area contributed by atoms with Crippen LogP contribution in [0.1, 0.15) is 59.1 Å². The van der Waals surface area contributed by atoms with E-state index in [4.69, 9.17) is 32.4 Å². The topological polar surface area (TPSA) is 275 Å². The van der Waals surface area contributed by atoms with Gasteiger partial charge in [-0.25, -0.2) is 19.2 Å². The van der Waals surface area contributed by atoms with Crippen molar-refractivity contribution < 1.29 is 48.5 Å². The fourth-order valence-corrected chi connectivity index (χ4v) is 9.93. The van der Waals surface area contributed by atoms with Crippen LogP contribution in [0.3, 0.4) is 0 Å². The summed E-state index contributed by atoms with van der Waals surface area (Å²) in [6.07, 6.45) is -4.72. The van der Waals surface area contributed by atoms with Crippen molar-refractivity contribution in [2.24, 2.45) is 22.9 Å². The highest BCUT2D eigenvalue weighted by Gasteiger charge is 2.72. The minimum atomic E-state index is -2.78. The molecule has 9 rings (SSSR count). The second-order valence-corrected chi connectivity index (χ2v) is 15.3. The van der Waals surface area contributed by atoms with Gasteiger partial charge >= 0.3 is 24.1 Å². The van der Waals surface area contributed by atoms with Crippen molar-refractivity contribution in [3.8, 4) is 0 Å². The molecule has 2 aliphatic heterocycles. The van der Waals surface area contributed by atoms with Gasteiger partial charge in [-0.05, 0) is 79.0 Å². The number of aryl methyl sites for hydroxylation is 1. The first-order valence-corrected chi connectivity index (χ1v) is 18.6. The first kappa shape index (κ1) is 39.4. The van der Waals surface area contributed by atoms with Crippen LogP contribution in [0, 0.1) is 13.8 Å². The van der Waals surface area contributed by atoms with Gasteiger partial charge in [-0.15, -0.1) is 0 Å². The summed E-state index contributed by atoms with van der Waals surface area (Å²) in [4.78, 5) is 86.7. The quantitative estimate of drug-likeness (QED) is 0.115. The molecule has 0 saturated carbocycles. The Kier molecular flexibility index (Phi) is 9.63. The highest BCUT2D eigenvalue weighted by atomic mass is 16.6. The van der Waals surface area contributed by atoms with Crippen LogP contribution in [-0.4, -0.2) is 92.5 Å². The zero-order valence-electron chi connectivity index (χ0n) is 31.5. The predicted molar refractivity (Wildman–Crippen MR) is 201 cm³/mol. The molecule has 2 saturated heterocycles. The lowest BCUT2D eigenvalue weighted by molar-refractivity contribution is -0.187. The van der Waals surface area contributed by atoms with Crippen molar-refractivity contribution in [2.75, 3.05) is 18.0 Å². The van der Waals surface area contributed by atoms with E-state index in [1.54, 1.807) is 65.6 Å². The summed E-state index contributed by atoms with van der Waals surface area (Å²) in [6, 6.07) is 18.5. The Morgan fingerprint density at radius 1 is 0.667 bits per heavy atom. The number of benzene rings is 3. The van der Waals surface area contributed by atoms with Crippen LogP contribution in [-0.2, 0) is 52.7 Å². The smallest absolute Gasteiger partial charge is 0.382 e. The van der Waals surface area contributed by atoms with E-state index in [1.165, 1.54) is 9.80 Å². The van der Waals surface area contributed by atoms with Gasteiger partial charge in [-0.2, -0.15) is 0 Å². The molecule has 0 aromatic heterocycles. The molecule has 300 valence electrons. The van der Waals surface area contributed by atoms with Gasteiger partial charge in [0.25, 0.3) is 11.8 Å². The molecule has 4 bridgehead atoms. The molecule has 2 heterocycles. The molecular formula is C40H45N7O10. The summed E-state index contributed by atoms with van der Waals surface area (Å²) in [7, 11) is 0. The summed E-state index contributed by atoms with van der Waals surface area (Å²) in [5.41, 5.74) is 16.4. The third-order valence-electron chi connectivity index (χ3n) is 12.5. The number of carbonyl (C=O) groups is 6. The number of likely N-dealkylation sites (tertiary alicyclic amines) is 2. The maximum atomic E-state index is 14.5. The monoisotopic (exact) mass is 783 g/mol. The van der Waals surface area contributed by atoms with Crippen LogP contribution < -0.4 is 27.8 Å². The van der Waals surface area contributed by atoms with Gasteiger partial charge in [0.15, 0.2) is 0 Å². The molecule has 17 nitrogen and oxygen atoms in total. The molecule has 4 unspecified atom stereocenters. The number of nitrogens with zero attached hydrogens (tertiary/aromatic N) is 3. The Morgan fingerprint density at radius 3 is 1.40 bits per heavy atom. The van der Waals surface area contributed by atoms with E-state index in [-0.39, 0.29) is 49.9 Å². The van der Waals surface area contributed by atoms with Crippen LogP contribution in [0.2, 0.25) is 0 Å². The number of hydrogen-bond donors (Lipinski definition) is 6. The van der Waals surface area contributed by atoms with Crippen molar-refractivity contribution >= 4 is 41.6 Å². The fourth-order valence-electron chi connectivity index (χ4n) is 9.93. The third kappa shape index (κ3) is 5.59. The fraction of sp³-hybridized carbons (Fsp3) is 0.400. The van der Waals surface area contributed by atoms with Crippen molar-refractivity contribution in [3.05, 3.63) is 100 Å². The zero-order chi connectivity index (χ0) is 41.2. The predicted octanol–water partition coefficient (Wildman–Crippen LogP) is 0.533. The number of hydrogen-bond acceptors (Lipinski definition) is 13. The van der Waals surface area contributed by atoms with E-state index in [0.29, 0.717) is 29.7 Å². The number of anilines is 1. The molecule has 2 fully saturated rings. The Morgan fingerprint density at radius 2 is 1.07 bits per heavy atom. The first-order valence-electron chi connectivity index (χ1n) is 18.6. The normalized spacial score (nSPS) is 26.0. The molecule has 57 heavy (non-hydrogen) atoms. The van der Waals surface area contributed by atoms with Crippen molar-refractivity contribution in [3.63, 3.8) is 0 Å². The molecule has 0 spiro atoms. The number of rotatable bonds is 11. The molecule has 6 aliphatic rings. The van der Waals surface area contributed by atoms with Gasteiger partial charge < -0.3 is 47.5 Å². The van der Waals surface area contributed by atoms with Gasteiger partial charge in [0.05, 0.1) is 12.3 Å². The van der Waals surface area contributed by atoms with E-state index in [9.17, 15) is 39.0 Å². The average Bonchev–Trinajstić information content (AvgIpc) is 3.82. The molecule has 0 radical (unpaired) electrons. The third-order valence-corrected chi connectivity index (χ3v) is 12.5. The molecule has 3 aromatic rings. The summed E-state index contributed by atoms with van der Waals surface area (Å²) in [5, 5.41) is 25.6. The molecule has 6 atom stereocenters. The Bertz CT molecular complexity index is 2060. The van der Waals surface area contributed by atoms with Gasteiger partial charge in [-0.3, -0.25) is 19.4 Å². The van der Waals surface area contributed by atoms with Crippen LogP contribution in [0.5, 0.6) is 0 Å². The van der Waals surface area contributed by atoms with E-state index < -0.39 is 70.6 Å². The van der Waals surface area contributed by atoms with Crippen molar-refractivity contribution in [2.45, 2.75) is 87.0 Å². The summed E-state index contributed by atoms with van der Waals surface area (Å²) in [6.45, 7) is 3.61. The number of esters is 2. The standard InChI is InChI=1S/C40H45N7O10/c1-22-6-3-7-28(23(22)2)47(29-8-4-18-45(29)39(31(41)48,33(50)56-35(43)52)37(54)20-24-10-14-26(37)15-11-24)30-9-5-19-46(30)40(32(42)49,34(51)57-36(44)53)38(55)21-25-12-16-27(38)17-13-25/h3,6-7,10-17,29-30,54-55H,4-5,8-9,18-21H2,1-2H3,(H2,41,48)(H2,42,49)(H2,43,52)(H2,44,53)/t29?,30?,37?,38?,39-,40-/m0/s1. The first-order chi connectivity index (χ1) is 26.9. The van der Waals surface area contributed by atoms with E-state index in [1.807, 2.05) is 19.9 Å². The summed E-state index contributed by atoms with van der Waals surface area (Å²) < 4.78 is 9.99. The number of carbonyl (C=O) groups excluding carboxylic acids is 6. The van der Waals surface area contributed by atoms with Crippen LogP contribution >= 0.6 is 0 Å². The zero-order valence-corrected chi connectivity index (χ0v) is 31.5. The highest BCUT2D eigenvalue weighted by Crippen LogP contribution is 2.51. The van der Waals surface area contributed by atoms with Gasteiger partial charge in [0, 0.05) is 31.6 Å². The SMILES string of the molecule is Cc1cccc(N(C2CCCN2[C@@](C(N)=O)(C(=O)OC(N)=O)C2(O)Cc3ccc2cc3)C2CCCN2[C@@](C(N)=O)(C(=O)OC(N)=O)C2(O)Cc3ccc2cc3)c1C. The minimum absolute atomic E-state index is 0.0473. The number of fused-ring (bicyclic) bond motifs is 6. The Balaban J connectivity index is 1.48. The Labute approximate surface area is 327 Å². The maximum absolute atomic E-state index is 14.5. The highest BCUT2D eigenvalue weighted by molar-refractivity contribution is 6.12. The largest absolute Gasteiger partial charge is 0.412 e. The van der Waals surface area contributed by atoms with E-state index in [2.05, 4.69) is 0 Å². The van der Waals surface area contributed by atoms with E-state index in [0.717, 1.165) is 11.1 Å². The van der Waals surface area contributed by atoms with Crippen molar-refractivity contribution in [1.29, 1.82) is 0 Å². The van der Waals surface area contributed by atoms with E-state index >= 15 is 0 Å². The molecule has 3 aromatic carbocycles. The average molecular weight is 784 g/mol. The molecule has 4 amide bonds. The van der Waals surface area contributed by atoms with Crippen molar-refractivity contribution in [1.82, 2.24) is 9.80 Å². The number of amides is 4. The van der Waals surface area contributed by atoms with Crippen LogP contribution in [0.4, 0.5) is 15.3 Å². The molecule has 17 heteroatoms. The van der Waals surface area contributed by atoms with Gasteiger partial charge in [0.1, 0.15) is 11.2 Å². The van der Waals surface area contributed by atoms with Gasteiger partial charge in [-0.1, -0.05) is 60.7 Å². The maximum Gasteiger partial charge on any atom is 0.412 e. The molecular weight excluding hydrogens is 738 g/mol. The summed E-state index contributed by atoms with van der Waals surface area (Å²) >= 11 is 0. The lowest BCUT2D eigenvalue weighted by atomic mass is 9.66. The molecule has 4 aliphatic carbocycles. The molecule has 10 N–H and O–H groups in total. The Hall–Kier alpha value is -5.88. The number of nitrogens with two attached hydrogens (primary N) is 4. The van der Waals surface area contributed by atoms with Gasteiger partial charge in [0.2, 0.25) is 11.1 Å². The number of primary amides is 4. The van der Waals surface area contributed by atoms with Crippen LogP contribution in [0.25, 0.3) is 0 Å². The lowest BCUT2D eigenvalue weighted by Crippen LogP contribution is -2.79.